The summed E-state index contributed by atoms with van der Waals surface area (Å²) in [7, 11) is 1.61. The van der Waals surface area contributed by atoms with Gasteiger partial charge in [0.15, 0.2) is 0 Å². The lowest BCUT2D eigenvalue weighted by Gasteiger charge is -2.30. The molecule has 0 radical (unpaired) electrons. The van der Waals surface area contributed by atoms with Crippen molar-refractivity contribution in [3.63, 3.8) is 0 Å². The molecule has 0 saturated carbocycles. The van der Waals surface area contributed by atoms with Gasteiger partial charge in [-0.3, -0.25) is 0 Å². The Kier molecular flexibility index (Phi) is 5.93. The highest BCUT2D eigenvalue weighted by Crippen LogP contribution is 2.44. The van der Waals surface area contributed by atoms with Crippen molar-refractivity contribution in [2.75, 3.05) is 7.11 Å². The molecule has 0 aromatic heterocycles. The van der Waals surface area contributed by atoms with Gasteiger partial charge in [0.2, 0.25) is 0 Å². The highest BCUT2D eigenvalue weighted by Gasteiger charge is 2.26. The molecule has 4 heteroatoms. The first-order valence-corrected chi connectivity index (χ1v) is 9.30. The van der Waals surface area contributed by atoms with Crippen LogP contribution in [0.15, 0.2) is 36.4 Å². The van der Waals surface area contributed by atoms with E-state index in [1.807, 2.05) is 6.07 Å². The Morgan fingerprint density at radius 2 is 1.64 bits per heavy atom. The molecule has 0 aliphatic heterocycles. The van der Waals surface area contributed by atoms with Gasteiger partial charge in [0.25, 0.3) is 0 Å². The molecule has 0 atom stereocenters. The van der Waals surface area contributed by atoms with Gasteiger partial charge in [-0.25, -0.2) is 4.79 Å². The zero-order valence-corrected chi connectivity index (χ0v) is 17.7. The van der Waals surface area contributed by atoms with Crippen LogP contribution in [0.3, 0.4) is 0 Å². The number of hydrogen-bond acceptors (Lipinski definition) is 3. The summed E-state index contributed by atoms with van der Waals surface area (Å²) in [6.07, 6.45) is 2.54. The molecule has 1 N–H and O–H groups in total. The van der Waals surface area contributed by atoms with Crippen LogP contribution >= 0.6 is 0 Å². The second-order valence-electron chi connectivity index (χ2n) is 9.03. The largest absolute Gasteiger partial charge is 0.872 e. The number of ether oxygens (including phenoxy) is 1. The van der Waals surface area contributed by atoms with Crippen LogP contribution in [-0.2, 0) is 15.6 Å². The zero-order chi connectivity index (χ0) is 21.3. The van der Waals surface area contributed by atoms with Gasteiger partial charge in [0.1, 0.15) is 5.75 Å². The van der Waals surface area contributed by atoms with Crippen molar-refractivity contribution in [1.29, 1.82) is 0 Å². The highest BCUT2D eigenvalue weighted by molar-refractivity contribution is 5.86. The SMILES string of the molecule is COc1c(-c2cc(/C=C/C(=O)O)ccc2[O-])cc(C(C)(C)C)cc1C(C)(C)C. The van der Waals surface area contributed by atoms with Crippen LogP contribution < -0.4 is 9.84 Å². The average molecular weight is 381 g/mol. The third-order valence-electron chi connectivity index (χ3n) is 4.68. The molecule has 0 bridgehead atoms. The summed E-state index contributed by atoms with van der Waals surface area (Å²) in [5.74, 6) is -0.483. The minimum absolute atomic E-state index is 0.106. The summed E-state index contributed by atoms with van der Waals surface area (Å²) < 4.78 is 5.77. The van der Waals surface area contributed by atoms with Crippen molar-refractivity contribution in [2.24, 2.45) is 0 Å². The van der Waals surface area contributed by atoms with E-state index in [0.29, 0.717) is 16.9 Å². The molecule has 0 amide bonds. The van der Waals surface area contributed by atoms with Gasteiger partial charge >= 0.3 is 5.97 Å². The minimum Gasteiger partial charge on any atom is -0.872 e. The lowest BCUT2D eigenvalue weighted by atomic mass is 9.78. The van der Waals surface area contributed by atoms with Gasteiger partial charge in [-0.05, 0) is 45.7 Å². The predicted molar refractivity (Wildman–Crippen MR) is 112 cm³/mol. The maximum Gasteiger partial charge on any atom is 0.328 e. The number of carbonyl (C=O) groups is 1. The van der Waals surface area contributed by atoms with E-state index in [1.54, 1.807) is 19.2 Å². The summed E-state index contributed by atoms with van der Waals surface area (Å²) in [6, 6.07) is 8.97. The van der Waals surface area contributed by atoms with Crippen LogP contribution in [0.2, 0.25) is 0 Å². The van der Waals surface area contributed by atoms with Crippen LogP contribution in [0, 0.1) is 0 Å². The van der Waals surface area contributed by atoms with E-state index in [-0.39, 0.29) is 16.6 Å². The molecule has 2 aromatic carbocycles. The Hall–Kier alpha value is -2.75. The van der Waals surface area contributed by atoms with Crippen LogP contribution in [0.4, 0.5) is 0 Å². The molecule has 4 nitrogen and oxygen atoms in total. The van der Waals surface area contributed by atoms with Gasteiger partial charge in [-0.1, -0.05) is 59.7 Å². The van der Waals surface area contributed by atoms with Crippen LogP contribution in [0.25, 0.3) is 17.2 Å². The van der Waals surface area contributed by atoms with Crippen molar-refractivity contribution >= 4 is 12.0 Å². The number of carboxylic acid groups (broad SMARTS) is 1. The van der Waals surface area contributed by atoms with E-state index in [0.717, 1.165) is 22.8 Å². The number of methoxy groups -OCH3 is 1. The summed E-state index contributed by atoms with van der Waals surface area (Å²) in [6.45, 7) is 12.8. The Balaban J connectivity index is 2.84. The van der Waals surface area contributed by atoms with Crippen molar-refractivity contribution in [2.45, 2.75) is 52.4 Å². The number of benzene rings is 2. The van der Waals surface area contributed by atoms with E-state index in [9.17, 15) is 9.90 Å². The first-order valence-electron chi connectivity index (χ1n) is 9.30. The molecule has 0 spiro atoms. The first-order chi connectivity index (χ1) is 12.8. The van der Waals surface area contributed by atoms with Crippen molar-refractivity contribution in [3.05, 3.63) is 53.1 Å². The Labute approximate surface area is 167 Å². The number of rotatable bonds is 4. The van der Waals surface area contributed by atoms with Crippen LogP contribution in [0.1, 0.15) is 58.2 Å². The smallest absolute Gasteiger partial charge is 0.328 e. The Bertz CT molecular complexity index is 909. The molecule has 150 valence electrons. The number of aliphatic carboxylic acids is 1. The average Bonchev–Trinajstić information content (AvgIpc) is 2.58. The monoisotopic (exact) mass is 381 g/mol. The van der Waals surface area contributed by atoms with Gasteiger partial charge in [0, 0.05) is 17.2 Å². The topological polar surface area (TPSA) is 69.6 Å². The highest BCUT2D eigenvalue weighted by atomic mass is 16.5. The Morgan fingerprint density at radius 1 is 1.00 bits per heavy atom. The van der Waals surface area contributed by atoms with Gasteiger partial charge in [-0.15, -0.1) is 5.75 Å². The number of carboxylic acids is 1. The third-order valence-corrected chi connectivity index (χ3v) is 4.68. The van der Waals surface area contributed by atoms with Crippen LogP contribution in [0.5, 0.6) is 11.5 Å². The molecule has 28 heavy (non-hydrogen) atoms. The molecule has 0 fully saturated rings. The fourth-order valence-corrected chi connectivity index (χ4v) is 3.07. The third kappa shape index (κ3) is 4.75. The van der Waals surface area contributed by atoms with Crippen LogP contribution in [-0.4, -0.2) is 18.2 Å². The molecule has 0 heterocycles. The second-order valence-corrected chi connectivity index (χ2v) is 9.03. The summed E-state index contributed by atoms with van der Waals surface area (Å²) in [5, 5.41) is 21.6. The van der Waals surface area contributed by atoms with E-state index < -0.39 is 5.97 Å². The maximum absolute atomic E-state index is 12.7. The first kappa shape index (κ1) is 21.5. The van der Waals surface area contributed by atoms with Gasteiger partial charge in [0.05, 0.1) is 7.11 Å². The van der Waals surface area contributed by atoms with E-state index in [2.05, 4.69) is 47.6 Å². The quantitative estimate of drug-likeness (QED) is 0.746. The van der Waals surface area contributed by atoms with Gasteiger partial charge in [-0.2, -0.15) is 0 Å². The standard InChI is InChI=1S/C24H30O4/c1-23(2,3)16-13-18(22(28-7)19(14-16)24(4,5)6)17-12-15(8-10-20(17)25)9-11-21(26)27/h8-14,25H,1-7H3,(H,26,27)/p-1/b11-9+. The molecular formula is C24H29O4-. The second kappa shape index (κ2) is 7.70. The molecule has 2 aromatic rings. The fourth-order valence-electron chi connectivity index (χ4n) is 3.07. The van der Waals surface area contributed by atoms with Crippen molar-refractivity contribution in [3.8, 4) is 22.6 Å². The van der Waals surface area contributed by atoms with E-state index in [1.165, 1.54) is 12.1 Å². The van der Waals surface area contributed by atoms with Crippen molar-refractivity contribution in [1.82, 2.24) is 0 Å². The molecule has 0 aliphatic carbocycles. The molecule has 2 rings (SSSR count). The summed E-state index contributed by atoms with van der Waals surface area (Å²) in [5.41, 5.74) is 3.74. The molecule has 0 saturated heterocycles. The fraction of sp³-hybridized carbons (Fsp3) is 0.375. The predicted octanol–water partition coefficient (Wildman–Crippen LogP) is 5.13. The Morgan fingerprint density at radius 3 is 2.14 bits per heavy atom. The summed E-state index contributed by atoms with van der Waals surface area (Å²) >= 11 is 0. The normalized spacial score (nSPS) is 12.4. The summed E-state index contributed by atoms with van der Waals surface area (Å²) in [4.78, 5) is 10.8. The van der Waals surface area contributed by atoms with Gasteiger partial charge < -0.3 is 14.9 Å². The van der Waals surface area contributed by atoms with Crippen molar-refractivity contribution < 1.29 is 19.7 Å². The van der Waals surface area contributed by atoms with E-state index >= 15 is 0 Å². The lowest BCUT2D eigenvalue weighted by molar-refractivity contribution is -0.267. The lowest BCUT2D eigenvalue weighted by Crippen LogP contribution is -2.18. The number of hydrogen-bond donors (Lipinski definition) is 1. The zero-order valence-electron chi connectivity index (χ0n) is 17.7. The minimum atomic E-state index is -1.03. The maximum atomic E-state index is 12.7. The molecule has 0 aliphatic rings. The molecule has 0 unspecified atom stereocenters. The molecular weight excluding hydrogens is 352 g/mol. The van der Waals surface area contributed by atoms with E-state index in [4.69, 9.17) is 9.84 Å².